The minimum absolute atomic E-state index is 0.250. The monoisotopic (exact) mass is 366 g/mol. The van der Waals surface area contributed by atoms with Gasteiger partial charge in [0.05, 0.1) is 11.9 Å². The van der Waals surface area contributed by atoms with Crippen LogP contribution in [0.4, 0.5) is 21.6 Å². The number of thiocarbonyl (C=S) groups is 1. The zero-order chi connectivity index (χ0) is 18.4. The fourth-order valence-corrected chi connectivity index (χ4v) is 2.56. The Kier molecular flexibility index (Phi) is 5.76. The molecule has 3 aromatic rings. The molecular formula is C20H19FN4S. The van der Waals surface area contributed by atoms with Crippen LogP contribution in [0.25, 0.3) is 0 Å². The lowest BCUT2D eigenvalue weighted by Gasteiger charge is -2.11. The molecule has 0 aliphatic heterocycles. The molecular weight excluding hydrogens is 347 g/mol. The number of halogens is 1. The number of anilines is 3. The quantitative estimate of drug-likeness (QED) is 0.569. The number of aryl methyl sites for hydroxylation is 1. The van der Waals surface area contributed by atoms with Crippen LogP contribution < -0.4 is 16.0 Å². The molecule has 0 saturated heterocycles. The van der Waals surface area contributed by atoms with E-state index in [1.807, 2.05) is 37.3 Å². The Morgan fingerprint density at radius 2 is 1.85 bits per heavy atom. The summed E-state index contributed by atoms with van der Waals surface area (Å²) in [5.74, 6) is 0.506. The molecule has 3 rings (SSSR count). The summed E-state index contributed by atoms with van der Waals surface area (Å²) in [5, 5.41) is 9.90. The van der Waals surface area contributed by atoms with Crippen LogP contribution in [0.3, 0.4) is 0 Å². The Labute approximate surface area is 157 Å². The highest BCUT2D eigenvalue weighted by Gasteiger charge is 2.01. The van der Waals surface area contributed by atoms with E-state index >= 15 is 0 Å². The molecule has 0 amide bonds. The standard InChI is InChI=1S/C20H19FN4S/c1-14-3-2-4-17(11-14)24-19-10-9-18(13-22-19)25-20(26)23-12-15-5-7-16(21)8-6-15/h2-11,13H,12H2,1H3,(H,22,24)(H2,23,25,26). The van der Waals surface area contributed by atoms with Gasteiger partial charge >= 0.3 is 0 Å². The van der Waals surface area contributed by atoms with Crippen LogP contribution in [-0.2, 0) is 6.54 Å². The Balaban J connectivity index is 1.51. The molecule has 4 nitrogen and oxygen atoms in total. The Bertz CT molecular complexity index is 879. The summed E-state index contributed by atoms with van der Waals surface area (Å²) in [6, 6.07) is 18.2. The molecule has 2 aromatic carbocycles. The minimum Gasteiger partial charge on any atom is -0.358 e. The SMILES string of the molecule is Cc1cccc(Nc2ccc(NC(=S)NCc3ccc(F)cc3)cn2)c1. The van der Waals surface area contributed by atoms with Crippen LogP contribution in [0.1, 0.15) is 11.1 Å². The first-order valence-electron chi connectivity index (χ1n) is 8.17. The normalized spacial score (nSPS) is 10.2. The predicted octanol–water partition coefficient (Wildman–Crippen LogP) is 4.76. The average Bonchev–Trinajstić information content (AvgIpc) is 2.63. The van der Waals surface area contributed by atoms with Gasteiger partial charge in [-0.2, -0.15) is 0 Å². The molecule has 0 saturated carbocycles. The van der Waals surface area contributed by atoms with Gasteiger partial charge < -0.3 is 16.0 Å². The third-order valence-corrected chi connectivity index (χ3v) is 3.92. The fraction of sp³-hybridized carbons (Fsp3) is 0.100. The first-order chi connectivity index (χ1) is 12.6. The minimum atomic E-state index is -0.250. The maximum atomic E-state index is 12.9. The van der Waals surface area contributed by atoms with Gasteiger partial charge in [-0.25, -0.2) is 9.37 Å². The molecule has 0 atom stereocenters. The summed E-state index contributed by atoms with van der Waals surface area (Å²) < 4.78 is 12.9. The van der Waals surface area contributed by atoms with Crippen LogP contribution in [-0.4, -0.2) is 10.1 Å². The maximum absolute atomic E-state index is 12.9. The lowest BCUT2D eigenvalue weighted by Crippen LogP contribution is -2.27. The summed E-state index contributed by atoms with van der Waals surface area (Å²) in [7, 11) is 0. The van der Waals surface area contributed by atoms with Crippen molar-refractivity contribution < 1.29 is 4.39 Å². The summed E-state index contributed by atoms with van der Waals surface area (Å²) >= 11 is 5.27. The van der Waals surface area contributed by atoms with E-state index in [-0.39, 0.29) is 5.82 Å². The number of nitrogens with zero attached hydrogens (tertiary/aromatic N) is 1. The molecule has 0 aliphatic rings. The molecule has 132 valence electrons. The van der Waals surface area contributed by atoms with Crippen LogP contribution in [0.5, 0.6) is 0 Å². The summed E-state index contributed by atoms with van der Waals surface area (Å²) in [5.41, 5.74) is 3.92. The van der Waals surface area contributed by atoms with Gasteiger partial charge in [0.15, 0.2) is 5.11 Å². The van der Waals surface area contributed by atoms with Gasteiger partial charge in [-0.3, -0.25) is 0 Å². The van der Waals surface area contributed by atoms with Crippen molar-refractivity contribution in [3.8, 4) is 0 Å². The largest absolute Gasteiger partial charge is 0.358 e. The van der Waals surface area contributed by atoms with E-state index < -0.39 is 0 Å². The second-order valence-corrected chi connectivity index (χ2v) is 6.27. The molecule has 26 heavy (non-hydrogen) atoms. The van der Waals surface area contributed by atoms with Crippen molar-refractivity contribution in [3.05, 3.63) is 83.8 Å². The van der Waals surface area contributed by atoms with Gasteiger partial charge in [0.2, 0.25) is 0 Å². The van der Waals surface area contributed by atoms with Crippen molar-refractivity contribution in [2.45, 2.75) is 13.5 Å². The third-order valence-electron chi connectivity index (χ3n) is 3.68. The van der Waals surface area contributed by atoms with E-state index in [1.165, 1.54) is 17.7 Å². The topological polar surface area (TPSA) is 49.0 Å². The third kappa shape index (κ3) is 5.26. The Morgan fingerprint density at radius 3 is 2.54 bits per heavy atom. The molecule has 0 bridgehead atoms. The predicted molar refractivity (Wildman–Crippen MR) is 108 cm³/mol. The van der Waals surface area contributed by atoms with Gasteiger partial charge in [0, 0.05) is 12.2 Å². The highest BCUT2D eigenvalue weighted by molar-refractivity contribution is 7.80. The van der Waals surface area contributed by atoms with Crippen LogP contribution in [0.15, 0.2) is 66.9 Å². The summed E-state index contributed by atoms with van der Waals surface area (Å²) in [4.78, 5) is 4.38. The Hall–Kier alpha value is -2.99. The lowest BCUT2D eigenvalue weighted by atomic mass is 10.2. The summed E-state index contributed by atoms with van der Waals surface area (Å²) in [6.45, 7) is 2.57. The second-order valence-electron chi connectivity index (χ2n) is 5.86. The van der Waals surface area contributed by atoms with Crippen molar-refractivity contribution in [3.63, 3.8) is 0 Å². The zero-order valence-electron chi connectivity index (χ0n) is 14.3. The van der Waals surface area contributed by atoms with Crippen molar-refractivity contribution in [1.82, 2.24) is 10.3 Å². The van der Waals surface area contributed by atoms with E-state index in [4.69, 9.17) is 12.2 Å². The number of hydrogen-bond donors (Lipinski definition) is 3. The molecule has 6 heteroatoms. The molecule has 0 spiro atoms. The smallest absolute Gasteiger partial charge is 0.171 e. The van der Waals surface area contributed by atoms with Gasteiger partial charge in [0.1, 0.15) is 11.6 Å². The molecule has 0 radical (unpaired) electrons. The van der Waals surface area contributed by atoms with E-state index in [0.29, 0.717) is 11.7 Å². The number of benzene rings is 2. The van der Waals surface area contributed by atoms with E-state index in [2.05, 4.69) is 27.0 Å². The van der Waals surface area contributed by atoms with Gasteiger partial charge in [-0.15, -0.1) is 0 Å². The molecule has 0 aliphatic carbocycles. The Morgan fingerprint density at radius 1 is 1.04 bits per heavy atom. The highest BCUT2D eigenvalue weighted by atomic mass is 32.1. The second kappa shape index (κ2) is 8.40. The summed E-state index contributed by atoms with van der Waals surface area (Å²) in [6.07, 6.45) is 1.71. The lowest BCUT2D eigenvalue weighted by molar-refractivity contribution is 0.627. The van der Waals surface area contributed by atoms with Crippen molar-refractivity contribution >= 4 is 34.5 Å². The molecule has 1 heterocycles. The van der Waals surface area contributed by atoms with Crippen molar-refractivity contribution in [2.24, 2.45) is 0 Å². The first kappa shape index (κ1) is 17.8. The molecule has 0 fully saturated rings. The number of pyridine rings is 1. The van der Waals surface area contributed by atoms with Gasteiger partial charge in [0.25, 0.3) is 0 Å². The van der Waals surface area contributed by atoms with E-state index in [1.54, 1.807) is 18.3 Å². The first-order valence-corrected chi connectivity index (χ1v) is 8.58. The number of rotatable bonds is 5. The van der Waals surface area contributed by atoms with Crippen LogP contribution in [0.2, 0.25) is 0 Å². The highest BCUT2D eigenvalue weighted by Crippen LogP contribution is 2.17. The van der Waals surface area contributed by atoms with E-state index in [9.17, 15) is 4.39 Å². The number of nitrogens with one attached hydrogen (secondary N) is 3. The molecule has 0 unspecified atom stereocenters. The number of aromatic nitrogens is 1. The average molecular weight is 366 g/mol. The molecule has 1 aromatic heterocycles. The van der Waals surface area contributed by atoms with Gasteiger partial charge in [-0.05, 0) is 66.7 Å². The van der Waals surface area contributed by atoms with Crippen LogP contribution in [0, 0.1) is 12.7 Å². The van der Waals surface area contributed by atoms with Crippen LogP contribution >= 0.6 is 12.2 Å². The maximum Gasteiger partial charge on any atom is 0.171 e. The van der Waals surface area contributed by atoms with E-state index in [0.717, 1.165) is 22.8 Å². The fourth-order valence-electron chi connectivity index (χ4n) is 2.37. The molecule has 3 N–H and O–H groups in total. The zero-order valence-corrected chi connectivity index (χ0v) is 15.1. The van der Waals surface area contributed by atoms with Crippen molar-refractivity contribution in [2.75, 3.05) is 10.6 Å². The number of hydrogen-bond acceptors (Lipinski definition) is 3. The van der Waals surface area contributed by atoms with Gasteiger partial charge in [-0.1, -0.05) is 24.3 Å². The van der Waals surface area contributed by atoms with Crippen molar-refractivity contribution in [1.29, 1.82) is 0 Å².